The zero-order valence-electron chi connectivity index (χ0n) is 16.8. The molecule has 0 radical (unpaired) electrons. The van der Waals surface area contributed by atoms with Crippen LogP contribution in [-0.2, 0) is 17.8 Å². The summed E-state index contributed by atoms with van der Waals surface area (Å²) in [6, 6.07) is 15.7. The molecule has 0 atom stereocenters. The molecule has 0 aliphatic heterocycles. The number of carbonyl (C=O) groups is 2. The molecule has 0 fully saturated rings. The maximum atomic E-state index is 13.7. The maximum absolute atomic E-state index is 13.7. The lowest BCUT2D eigenvalue weighted by atomic mass is 10.1. The van der Waals surface area contributed by atoms with Crippen molar-refractivity contribution < 1.29 is 14.0 Å². The highest BCUT2D eigenvalue weighted by molar-refractivity contribution is 6.35. The molecular weight excluding hydrogens is 450 g/mol. The summed E-state index contributed by atoms with van der Waals surface area (Å²) in [5, 5.41) is 2.11. The third kappa shape index (κ3) is 4.35. The number of fused-ring (bicyclic) bond motifs is 2. The van der Waals surface area contributed by atoms with Gasteiger partial charge in [-0.3, -0.25) is 14.6 Å². The fourth-order valence-electron chi connectivity index (χ4n) is 3.68. The molecule has 0 N–H and O–H groups in total. The molecule has 32 heavy (non-hydrogen) atoms. The number of hydrogen-bond donors (Lipinski definition) is 0. The van der Waals surface area contributed by atoms with Crippen molar-refractivity contribution in [1.29, 1.82) is 0 Å². The lowest BCUT2D eigenvalue weighted by Gasteiger charge is -2.09. The first kappa shape index (κ1) is 21.9. The van der Waals surface area contributed by atoms with Crippen molar-refractivity contribution in [3.63, 3.8) is 0 Å². The smallest absolute Gasteiger partial charge is 0.166 e. The number of allylic oxidation sites excluding steroid dienone is 1. The second kappa shape index (κ2) is 9.47. The number of pyridine rings is 1. The number of nitrogens with zero attached hydrogens (tertiary/aromatic N) is 2. The molecule has 0 saturated heterocycles. The Hall–Kier alpha value is -3.28. The molecule has 0 unspecified atom stereocenters. The molecular formula is C25H17Cl2FN2O2. The highest BCUT2D eigenvalue weighted by Crippen LogP contribution is 2.30. The summed E-state index contributed by atoms with van der Waals surface area (Å²) in [6.07, 6.45) is 5.70. The van der Waals surface area contributed by atoms with Crippen LogP contribution in [-0.4, -0.2) is 22.1 Å². The Balaban J connectivity index is 0.000000174. The molecule has 0 bridgehead atoms. The minimum Gasteiger partial charge on any atom is -0.331 e. The van der Waals surface area contributed by atoms with E-state index in [1.165, 1.54) is 18.3 Å². The van der Waals surface area contributed by atoms with Crippen molar-refractivity contribution in [2.24, 2.45) is 0 Å². The minimum atomic E-state index is -0.404. The molecule has 4 aromatic rings. The van der Waals surface area contributed by atoms with Crippen LogP contribution in [0, 0.1) is 5.82 Å². The van der Waals surface area contributed by atoms with Crippen LogP contribution in [0.4, 0.5) is 4.39 Å². The third-order valence-electron chi connectivity index (χ3n) is 5.19. The second-order valence-corrected chi connectivity index (χ2v) is 8.02. The predicted octanol–water partition coefficient (Wildman–Crippen LogP) is 6.17. The first-order valence-electron chi connectivity index (χ1n) is 9.77. The van der Waals surface area contributed by atoms with E-state index < -0.39 is 5.82 Å². The van der Waals surface area contributed by atoms with Gasteiger partial charge in [0.15, 0.2) is 6.29 Å². The summed E-state index contributed by atoms with van der Waals surface area (Å²) in [6.45, 7) is 0.161. The van der Waals surface area contributed by atoms with Crippen LogP contribution in [0.15, 0.2) is 66.4 Å². The number of aldehydes is 2. The van der Waals surface area contributed by atoms with Crippen LogP contribution < -0.4 is 0 Å². The molecule has 160 valence electrons. The van der Waals surface area contributed by atoms with Crippen LogP contribution >= 0.6 is 23.2 Å². The van der Waals surface area contributed by atoms with E-state index in [0.717, 1.165) is 39.7 Å². The van der Waals surface area contributed by atoms with Crippen LogP contribution in [0.3, 0.4) is 0 Å². The Labute approximate surface area is 193 Å². The topological polar surface area (TPSA) is 52.0 Å². The molecule has 0 amide bonds. The molecule has 1 aliphatic rings. The quantitative estimate of drug-likeness (QED) is 0.338. The van der Waals surface area contributed by atoms with Crippen molar-refractivity contribution in [2.75, 3.05) is 0 Å². The standard InChI is InChI=1S/C15H10ClFN2O.C10H7ClO/c16-12-4-1-3-10-7-11(9-20)19(15(10)12)8-14-13(17)5-2-6-18-14;11-10-3-1-2-8-4-7(6-12)5-9(8)10/h1-7,9H,8H2;1-4,6H,5H2. The Kier molecular flexibility index (Phi) is 6.49. The Morgan fingerprint density at radius 3 is 2.50 bits per heavy atom. The summed E-state index contributed by atoms with van der Waals surface area (Å²) < 4.78 is 15.4. The van der Waals surface area contributed by atoms with Crippen molar-refractivity contribution in [3.05, 3.63) is 105 Å². The molecule has 2 heterocycles. The van der Waals surface area contributed by atoms with E-state index in [2.05, 4.69) is 4.98 Å². The number of para-hydroxylation sites is 1. The maximum Gasteiger partial charge on any atom is 0.166 e. The van der Waals surface area contributed by atoms with Gasteiger partial charge >= 0.3 is 0 Å². The van der Waals surface area contributed by atoms with Gasteiger partial charge in [0.1, 0.15) is 12.1 Å². The highest BCUT2D eigenvalue weighted by Gasteiger charge is 2.14. The summed E-state index contributed by atoms with van der Waals surface area (Å²) in [4.78, 5) is 25.7. The van der Waals surface area contributed by atoms with Crippen molar-refractivity contribution in [2.45, 2.75) is 13.0 Å². The van der Waals surface area contributed by atoms with E-state index in [1.54, 1.807) is 16.7 Å². The van der Waals surface area contributed by atoms with E-state index in [0.29, 0.717) is 22.7 Å². The minimum absolute atomic E-state index is 0.161. The molecule has 2 aromatic carbocycles. The zero-order valence-corrected chi connectivity index (χ0v) is 18.3. The monoisotopic (exact) mass is 466 g/mol. The van der Waals surface area contributed by atoms with Gasteiger partial charge in [-0.05, 0) is 53.1 Å². The van der Waals surface area contributed by atoms with Gasteiger partial charge in [-0.25, -0.2) is 4.39 Å². The van der Waals surface area contributed by atoms with Gasteiger partial charge in [-0.2, -0.15) is 0 Å². The van der Waals surface area contributed by atoms with Gasteiger partial charge in [-0.15, -0.1) is 0 Å². The van der Waals surface area contributed by atoms with E-state index in [1.807, 2.05) is 36.4 Å². The molecule has 2 aromatic heterocycles. The molecule has 4 nitrogen and oxygen atoms in total. The van der Waals surface area contributed by atoms with E-state index in [-0.39, 0.29) is 12.2 Å². The Morgan fingerprint density at radius 1 is 1.00 bits per heavy atom. The van der Waals surface area contributed by atoms with Gasteiger partial charge in [-0.1, -0.05) is 47.5 Å². The van der Waals surface area contributed by atoms with Gasteiger partial charge in [0.05, 0.1) is 28.5 Å². The third-order valence-corrected chi connectivity index (χ3v) is 5.85. The number of aromatic nitrogens is 2. The van der Waals surface area contributed by atoms with Crippen LogP contribution in [0.5, 0.6) is 0 Å². The van der Waals surface area contributed by atoms with Crippen molar-refractivity contribution in [3.8, 4) is 0 Å². The molecule has 0 saturated carbocycles. The summed E-state index contributed by atoms with van der Waals surface area (Å²) in [7, 11) is 0. The number of halogens is 3. The molecule has 7 heteroatoms. The van der Waals surface area contributed by atoms with Gasteiger partial charge < -0.3 is 4.57 Å². The second-order valence-electron chi connectivity index (χ2n) is 7.20. The summed E-state index contributed by atoms with van der Waals surface area (Å²) >= 11 is 12.1. The van der Waals surface area contributed by atoms with Crippen molar-refractivity contribution in [1.82, 2.24) is 9.55 Å². The largest absolute Gasteiger partial charge is 0.331 e. The first-order valence-corrected chi connectivity index (χ1v) is 10.5. The highest BCUT2D eigenvalue weighted by atomic mass is 35.5. The van der Waals surface area contributed by atoms with Gasteiger partial charge in [0.25, 0.3) is 0 Å². The van der Waals surface area contributed by atoms with E-state index in [9.17, 15) is 14.0 Å². The molecule has 0 spiro atoms. The fourth-order valence-corrected chi connectivity index (χ4v) is 4.21. The fraction of sp³-hybridized carbons (Fsp3) is 0.0800. The number of benzene rings is 2. The average molecular weight is 467 g/mol. The zero-order chi connectivity index (χ0) is 22.7. The summed E-state index contributed by atoms with van der Waals surface area (Å²) in [5.41, 5.74) is 4.37. The number of carbonyl (C=O) groups excluding carboxylic acids is 2. The SMILES string of the molecule is O=CC1=Cc2cccc(Cl)c2C1.O=Cc1cc2cccc(Cl)c2n1Cc1ncccc1F. The lowest BCUT2D eigenvalue weighted by molar-refractivity contribution is -0.104. The van der Waals surface area contributed by atoms with Crippen LogP contribution in [0.2, 0.25) is 10.0 Å². The molecule has 1 aliphatic carbocycles. The number of hydrogen-bond acceptors (Lipinski definition) is 3. The molecule has 5 rings (SSSR count). The average Bonchev–Trinajstić information content (AvgIpc) is 3.38. The lowest BCUT2D eigenvalue weighted by Crippen LogP contribution is -2.07. The van der Waals surface area contributed by atoms with Crippen LogP contribution in [0.1, 0.15) is 27.3 Å². The Bertz CT molecular complexity index is 1360. The Morgan fingerprint density at radius 2 is 1.78 bits per heavy atom. The first-order chi connectivity index (χ1) is 15.5. The van der Waals surface area contributed by atoms with Gasteiger partial charge in [0.2, 0.25) is 0 Å². The van der Waals surface area contributed by atoms with Crippen LogP contribution in [0.25, 0.3) is 17.0 Å². The number of rotatable bonds is 4. The summed E-state index contributed by atoms with van der Waals surface area (Å²) in [5.74, 6) is -0.404. The van der Waals surface area contributed by atoms with Crippen molar-refractivity contribution >= 4 is 52.8 Å². The van der Waals surface area contributed by atoms with E-state index in [4.69, 9.17) is 23.2 Å². The van der Waals surface area contributed by atoms with E-state index >= 15 is 0 Å². The van der Waals surface area contributed by atoms with Gasteiger partial charge in [0, 0.05) is 23.0 Å². The predicted molar refractivity (Wildman–Crippen MR) is 125 cm³/mol. The normalized spacial score (nSPS) is 12.0.